The van der Waals surface area contributed by atoms with Gasteiger partial charge >= 0.3 is 5.97 Å². The summed E-state index contributed by atoms with van der Waals surface area (Å²) in [5.41, 5.74) is 3.60. The lowest BCUT2D eigenvalue weighted by molar-refractivity contribution is -0.158. The van der Waals surface area contributed by atoms with Gasteiger partial charge in [0.25, 0.3) is 0 Å². The van der Waals surface area contributed by atoms with E-state index in [1.807, 2.05) is 39.1 Å². The molecule has 0 amide bonds. The number of methoxy groups -OCH3 is 1. The highest BCUT2D eigenvalue weighted by atomic mass is 16.6. The Hall–Kier alpha value is -3.23. The van der Waals surface area contributed by atoms with Crippen LogP contribution >= 0.6 is 0 Å². The predicted octanol–water partition coefficient (Wildman–Crippen LogP) is 4.46. The fraction of sp³-hybridized carbons (Fsp3) is 0.545. The van der Waals surface area contributed by atoms with Gasteiger partial charge in [-0.05, 0) is 77.6 Å². The second kappa shape index (κ2) is 9.39. The second-order valence-corrected chi connectivity index (χ2v) is 13.5. The highest BCUT2D eigenvalue weighted by Crippen LogP contribution is 2.65. The van der Waals surface area contributed by atoms with Crippen molar-refractivity contribution in [1.82, 2.24) is 15.2 Å². The number of likely N-dealkylation sites (N-methyl/N-ethyl adjacent to an activating group) is 1. The number of rotatable bonds is 6. The van der Waals surface area contributed by atoms with Crippen molar-refractivity contribution in [2.45, 2.75) is 88.1 Å². The maximum Gasteiger partial charge on any atom is 0.324 e. The number of H-pyrrole nitrogens is 1. The molecule has 2 aliphatic carbocycles. The molecule has 3 N–H and O–H groups in total. The number of piperidine rings is 1. The number of benzene rings is 2. The molecule has 41 heavy (non-hydrogen) atoms. The molecule has 8 heteroatoms. The van der Waals surface area contributed by atoms with Crippen LogP contribution in [0, 0.1) is 5.92 Å². The number of hydrogen-bond acceptors (Lipinski definition) is 7. The van der Waals surface area contributed by atoms with Gasteiger partial charge in [-0.15, -0.1) is 0 Å². The number of nitrogens with one attached hydrogen (secondary N) is 2. The number of fused-ring (bicyclic) bond motifs is 1. The van der Waals surface area contributed by atoms with Crippen LogP contribution in [0.1, 0.15) is 56.7 Å². The summed E-state index contributed by atoms with van der Waals surface area (Å²) >= 11 is 0. The van der Waals surface area contributed by atoms with Crippen LogP contribution in [0.2, 0.25) is 0 Å². The molecule has 3 aromatic rings. The molecule has 2 fully saturated rings. The van der Waals surface area contributed by atoms with Crippen molar-refractivity contribution in [3.8, 4) is 17.2 Å². The standard InChI is InChI=1S/C33H41N3O5/c1-32(2,3)41-31(38)24(14-18-17-34-22-9-7-6-8-19(18)22)35-23-11-10-21-25-15-20-27(39-5)16-26(37)29-28(20)33(21,30(23)40-29)12-13-36(25)4/h6-9,16-17,21,23-25,30,34-35,37H,10-15H2,1-5H3/t21-,23-,24-,25+,30-,33-/m0/s1. The number of carbonyl (C=O) groups excluding carboxylic acids is 1. The molecule has 6 atom stereocenters. The SMILES string of the molecule is COc1cc(O)c2c3c1C[C@@H]1[C@@H]4CC[C@H](N[C@@H](Cc5c[nH]c6ccccc56)C(=O)OC(C)(C)C)[C@H](O2)[C@]34CCN1C. The van der Waals surface area contributed by atoms with E-state index in [-0.39, 0.29) is 29.3 Å². The number of phenolic OH excluding ortho intramolecular Hbond substituents is 1. The summed E-state index contributed by atoms with van der Waals surface area (Å²) < 4.78 is 18.5. The number of aromatic nitrogens is 1. The maximum absolute atomic E-state index is 13.7. The van der Waals surface area contributed by atoms with Gasteiger partial charge in [-0.2, -0.15) is 0 Å². The van der Waals surface area contributed by atoms with Gasteiger partial charge in [-0.3, -0.25) is 10.1 Å². The largest absolute Gasteiger partial charge is 0.504 e. The van der Waals surface area contributed by atoms with Crippen molar-refractivity contribution in [2.24, 2.45) is 5.92 Å². The van der Waals surface area contributed by atoms with Crippen LogP contribution in [-0.4, -0.2) is 71.5 Å². The number of esters is 1. The second-order valence-electron chi connectivity index (χ2n) is 13.5. The van der Waals surface area contributed by atoms with Crippen molar-refractivity contribution in [1.29, 1.82) is 0 Å². The molecule has 0 unspecified atom stereocenters. The molecule has 218 valence electrons. The average molecular weight is 560 g/mol. The van der Waals surface area contributed by atoms with Crippen LogP contribution in [0.25, 0.3) is 10.9 Å². The van der Waals surface area contributed by atoms with Gasteiger partial charge in [0, 0.05) is 58.2 Å². The Bertz CT molecular complexity index is 1510. The van der Waals surface area contributed by atoms with E-state index in [1.165, 1.54) is 5.56 Å². The number of likely N-dealkylation sites (tertiary alicyclic amines) is 1. The number of nitrogens with zero attached hydrogens (tertiary/aromatic N) is 1. The Morgan fingerprint density at radius 3 is 2.88 bits per heavy atom. The molecule has 2 aromatic carbocycles. The number of ether oxygens (including phenoxy) is 3. The highest BCUT2D eigenvalue weighted by Gasteiger charge is 2.66. The van der Waals surface area contributed by atoms with Crippen LogP contribution in [0.15, 0.2) is 36.5 Å². The first-order valence-corrected chi connectivity index (χ1v) is 14.9. The monoisotopic (exact) mass is 559 g/mol. The molecular weight excluding hydrogens is 518 g/mol. The molecule has 1 aromatic heterocycles. The predicted molar refractivity (Wildman–Crippen MR) is 157 cm³/mol. The molecule has 1 spiro atoms. The number of aromatic amines is 1. The van der Waals surface area contributed by atoms with E-state index in [0.29, 0.717) is 24.1 Å². The van der Waals surface area contributed by atoms with Crippen molar-refractivity contribution in [3.63, 3.8) is 0 Å². The molecule has 2 aliphatic heterocycles. The normalized spacial score (nSPS) is 29.1. The molecule has 1 saturated heterocycles. The minimum atomic E-state index is -0.602. The zero-order chi connectivity index (χ0) is 28.7. The number of phenols is 1. The summed E-state index contributed by atoms with van der Waals surface area (Å²) in [7, 11) is 3.90. The Kier molecular flexibility index (Phi) is 6.11. The van der Waals surface area contributed by atoms with Gasteiger partial charge in [0.1, 0.15) is 23.5 Å². The summed E-state index contributed by atoms with van der Waals surface area (Å²) in [4.78, 5) is 19.6. The van der Waals surface area contributed by atoms with Gasteiger partial charge in [-0.25, -0.2) is 0 Å². The lowest BCUT2D eigenvalue weighted by atomic mass is 9.51. The van der Waals surface area contributed by atoms with Gasteiger partial charge in [-0.1, -0.05) is 18.2 Å². The molecule has 3 heterocycles. The lowest BCUT2D eigenvalue weighted by Gasteiger charge is -2.59. The summed E-state index contributed by atoms with van der Waals surface area (Å²) in [6.45, 7) is 6.70. The molecule has 2 bridgehead atoms. The number of para-hydroxylation sites is 1. The fourth-order valence-electron chi connectivity index (χ4n) is 8.50. The first kappa shape index (κ1) is 26.7. The van der Waals surface area contributed by atoms with Crippen LogP contribution in [0.5, 0.6) is 17.2 Å². The van der Waals surface area contributed by atoms with Crippen molar-refractivity contribution in [3.05, 3.63) is 53.2 Å². The summed E-state index contributed by atoms with van der Waals surface area (Å²) in [5, 5.41) is 16.0. The third-order valence-corrected chi connectivity index (χ3v) is 10.1. The molecule has 7 rings (SSSR count). The topological polar surface area (TPSA) is 96.0 Å². The zero-order valence-electron chi connectivity index (χ0n) is 24.6. The van der Waals surface area contributed by atoms with Gasteiger partial charge in [0.05, 0.1) is 7.11 Å². The number of carbonyl (C=O) groups is 1. The summed E-state index contributed by atoms with van der Waals surface area (Å²) in [6, 6.07) is 9.65. The third-order valence-electron chi connectivity index (χ3n) is 10.1. The minimum absolute atomic E-state index is 0.0817. The molecular formula is C33H41N3O5. The fourth-order valence-corrected chi connectivity index (χ4v) is 8.50. The van der Waals surface area contributed by atoms with Gasteiger partial charge < -0.3 is 29.2 Å². The molecule has 4 aliphatic rings. The summed E-state index contributed by atoms with van der Waals surface area (Å²) in [6.07, 6.45) is 6.05. The smallest absolute Gasteiger partial charge is 0.324 e. The van der Waals surface area contributed by atoms with E-state index in [4.69, 9.17) is 14.2 Å². The van der Waals surface area contributed by atoms with Crippen LogP contribution in [0.3, 0.4) is 0 Å². The highest BCUT2D eigenvalue weighted by molar-refractivity contribution is 5.84. The maximum atomic E-state index is 13.7. The van der Waals surface area contributed by atoms with Gasteiger partial charge in [0.2, 0.25) is 0 Å². The van der Waals surface area contributed by atoms with Crippen molar-refractivity contribution in [2.75, 3.05) is 20.7 Å². The Labute approximate surface area is 241 Å². The van der Waals surface area contributed by atoms with E-state index in [9.17, 15) is 9.90 Å². The summed E-state index contributed by atoms with van der Waals surface area (Å²) in [5.74, 6) is 1.65. The van der Waals surface area contributed by atoms with Gasteiger partial charge in [0.15, 0.2) is 11.5 Å². The minimum Gasteiger partial charge on any atom is -0.504 e. The number of hydrogen-bond donors (Lipinski definition) is 3. The molecule has 0 radical (unpaired) electrons. The number of aromatic hydroxyl groups is 1. The lowest BCUT2D eigenvalue weighted by Crippen LogP contribution is -2.69. The van der Waals surface area contributed by atoms with E-state index in [1.54, 1.807) is 13.2 Å². The molecule has 8 nitrogen and oxygen atoms in total. The third kappa shape index (κ3) is 4.05. The Morgan fingerprint density at radius 1 is 1.29 bits per heavy atom. The Balaban J connectivity index is 1.27. The quantitative estimate of drug-likeness (QED) is 0.384. The van der Waals surface area contributed by atoms with E-state index in [2.05, 4.69) is 34.4 Å². The van der Waals surface area contributed by atoms with E-state index in [0.717, 1.165) is 60.0 Å². The van der Waals surface area contributed by atoms with Crippen LogP contribution in [-0.2, 0) is 27.8 Å². The first-order chi connectivity index (χ1) is 19.6. The van der Waals surface area contributed by atoms with E-state index >= 15 is 0 Å². The molecule has 1 saturated carbocycles. The first-order valence-electron chi connectivity index (χ1n) is 14.9. The Morgan fingerprint density at radius 2 is 2.10 bits per heavy atom. The van der Waals surface area contributed by atoms with Crippen LogP contribution < -0.4 is 14.8 Å². The zero-order valence-corrected chi connectivity index (χ0v) is 24.6. The average Bonchev–Trinajstić information content (AvgIpc) is 3.50. The van der Waals surface area contributed by atoms with E-state index < -0.39 is 11.6 Å². The van der Waals surface area contributed by atoms with Crippen molar-refractivity contribution < 1.29 is 24.1 Å². The van der Waals surface area contributed by atoms with Crippen molar-refractivity contribution >= 4 is 16.9 Å². The van der Waals surface area contributed by atoms with Crippen LogP contribution in [0.4, 0.5) is 0 Å².